The van der Waals surface area contributed by atoms with Gasteiger partial charge in [-0.1, -0.05) is 6.42 Å². The van der Waals surface area contributed by atoms with Gasteiger partial charge in [-0.25, -0.2) is 4.98 Å². The number of carbonyl (C=O) groups is 1. The molecule has 1 aliphatic heterocycles. The molecule has 8 heteroatoms. The summed E-state index contributed by atoms with van der Waals surface area (Å²) in [5, 5.41) is 4.40. The molecule has 0 spiro atoms. The van der Waals surface area contributed by atoms with Crippen LogP contribution in [-0.4, -0.2) is 43.2 Å². The topological polar surface area (TPSA) is 82.0 Å². The highest BCUT2D eigenvalue weighted by Crippen LogP contribution is 2.30. The maximum Gasteiger partial charge on any atom is 0.217 e. The van der Waals surface area contributed by atoms with Crippen LogP contribution < -0.4 is 5.73 Å². The summed E-state index contributed by atoms with van der Waals surface area (Å²) in [6.07, 6.45) is 12.6. The van der Waals surface area contributed by atoms with Gasteiger partial charge in [-0.15, -0.1) is 11.3 Å². The Morgan fingerprint density at radius 1 is 1.21 bits per heavy atom. The van der Waals surface area contributed by atoms with Gasteiger partial charge in [-0.3, -0.25) is 18.9 Å². The van der Waals surface area contributed by atoms with Crippen molar-refractivity contribution in [3.05, 3.63) is 41.8 Å². The monoisotopic (exact) mass is 398 g/mol. The van der Waals surface area contributed by atoms with E-state index < -0.39 is 0 Å². The van der Waals surface area contributed by atoms with Crippen molar-refractivity contribution in [1.29, 1.82) is 0 Å². The van der Waals surface area contributed by atoms with Gasteiger partial charge in [0.15, 0.2) is 5.82 Å². The number of aryl methyl sites for hydroxylation is 1. The van der Waals surface area contributed by atoms with Crippen LogP contribution in [0.5, 0.6) is 0 Å². The number of piperidine rings is 1. The fraction of sp³-hybridized carbons (Fsp3) is 0.450. The van der Waals surface area contributed by atoms with Crippen molar-refractivity contribution in [2.45, 2.75) is 45.2 Å². The van der Waals surface area contributed by atoms with Crippen molar-refractivity contribution < 1.29 is 4.79 Å². The molecular formula is C20H26N6OS. The fourth-order valence-electron chi connectivity index (χ4n) is 3.63. The van der Waals surface area contributed by atoms with E-state index in [1.165, 1.54) is 42.1 Å². The predicted octanol–water partition coefficient (Wildman–Crippen LogP) is 3.05. The minimum atomic E-state index is -0.276. The Bertz CT molecular complexity index is 921. The van der Waals surface area contributed by atoms with Gasteiger partial charge in [0.2, 0.25) is 5.91 Å². The van der Waals surface area contributed by atoms with Crippen molar-refractivity contribution in [3.63, 3.8) is 0 Å². The SMILES string of the molecule is NC(=O)CCCn1cc(-n2ccnc2-c2ccc(CN3CCCCC3)s2)cn1. The van der Waals surface area contributed by atoms with Crippen LogP contribution in [0.2, 0.25) is 0 Å². The highest BCUT2D eigenvalue weighted by Gasteiger charge is 2.15. The van der Waals surface area contributed by atoms with Crippen LogP contribution in [0.25, 0.3) is 16.4 Å². The molecule has 0 unspecified atom stereocenters. The number of primary amides is 1. The van der Waals surface area contributed by atoms with E-state index in [-0.39, 0.29) is 5.91 Å². The maximum absolute atomic E-state index is 10.9. The lowest BCUT2D eigenvalue weighted by Crippen LogP contribution is -2.28. The normalized spacial score (nSPS) is 15.1. The lowest BCUT2D eigenvalue weighted by molar-refractivity contribution is -0.118. The third kappa shape index (κ3) is 4.51. The van der Waals surface area contributed by atoms with Crippen LogP contribution in [0, 0.1) is 0 Å². The van der Waals surface area contributed by atoms with Crippen LogP contribution in [0.1, 0.15) is 37.0 Å². The van der Waals surface area contributed by atoms with Crippen molar-refractivity contribution in [3.8, 4) is 16.4 Å². The van der Waals surface area contributed by atoms with Gasteiger partial charge in [0, 0.05) is 43.0 Å². The third-order valence-corrected chi connectivity index (χ3v) is 6.13. The molecule has 2 N–H and O–H groups in total. The molecule has 1 amide bonds. The Kier molecular flexibility index (Phi) is 5.87. The first-order valence-electron chi connectivity index (χ1n) is 9.85. The largest absolute Gasteiger partial charge is 0.370 e. The Morgan fingerprint density at radius 3 is 2.89 bits per heavy atom. The zero-order chi connectivity index (χ0) is 19.3. The molecular weight excluding hydrogens is 372 g/mol. The average Bonchev–Trinajstić information content (AvgIpc) is 3.42. The van der Waals surface area contributed by atoms with Crippen molar-refractivity contribution in [2.24, 2.45) is 5.73 Å². The number of hydrogen-bond donors (Lipinski definition) is 1. The summed E-state index contributed by atoms with van der Waals surface area (Å²) in [4.78, 5) is 20.6. The predicted molar refractivity (Wildman–Crippen MR) is 110 cm³/mol. The standard InChI is InChI=1S/C20H26N6OS/c21-19(27)5-4-11-25-14-16(13-23-25)26-12-8-22-20(26)18-7-6-17(28-18)15-24-9-2-1-3-10-24/h6-8,12-14H,1-5,9-11,15H2,(H2,21,27). The molecule has 1 saturated heterocycles. The van der Waals surface area contributed by atoms with Gasteiger partial charge >= 0.3 is 0 Å². The Hall–Kier alpha value is -2.45. The summed E-state index contributed by atoms with van der Waals surface area (Å²) in [5.74, 6) is 0.661. The first-order valence-corrected chi connectivity index (χ1v) is 10.7. The summed E-state index contributed by atoms with van der Waals surface area (Å²) in [6.45, 7) is 4.11. The minimum absolute atomic E-state index is 0.276. The zero-order valence-corrected chi connectivity index (χ0v) is 16.8. The highest BCUT2D eigenvalue weighted by atomic mass is 32.1. The molecule has 28 heavy (non-hydrogen) atoms. The van der Waals surface area contributed by atoms with Gasteiger partial charge in [0.05, 0.1) is 16.8 Å². The average molecular weight is 399 g/mol. The van der Waals surface area contributed by atoms with E-state index in [0.29, 0.717) is 19.4 Å². The van der Waals surface area contributed by atoms with Crippen LogP contribution in [0.3, 0.4) is 0 Å². The molecule has 0 atom stereocenters. The quantitative estimate of drug-likeness (QED) is 0.632. The summed E-state index contributed by atoms with van der Waals surface area (Å²) in [6, 6.07) is 4.39. The van der Waals surface area contributed by atoms with Gasteiger partial charge in [0.1, 0.15) is 0 Å². The summed E-state index contributed by atoms with van der Waals surface area (Å²) in [7, 11) is 0. The number of likely N-dealkylation sites (tertiary alicyclic amines) is 1. The third-order valence-electron chi connectivity index (χ3n) is 5.06. The molecule has 0 radical (unpaired) electrons. The van der Waals surface area contributed by atoms with Gasteiger partial charge in [0.25, 0.3) is 0 Å². The van der Waals surface area contributed by atoms with E-state index in [1.54, 1.807) is 0 Å². The number of amides is 1. The molecule has 0 bridgehead atoms. The van der Waals surface area contributed by atoms with Crippen LogP contribution >= 0.6 is 11.3 Å². The highest BCUT2D eigenvalue weighted by molar-refractivity contribution is 7.15. The molecule has 4 heterocycles. The van der Waals surface area contributed by atoms with E-state index in [4.69, 9.17) is 5.73 Å². The number of hydrogen-bond acceptors (Lipinski definition) is 5. The van der Waals surface area contributed by atoms with Gasteiger partial charge in [-0.05, 0) is 44.5 Å². The number of carbonyl (C=O) groups excluding carboxylic acids is 1. The lowest BCUT2D eigenvalue weighted by Gasteiger charge is -2.25. The second kappa shape index (κ2) is 8.70. The van der Waals surface area contributed by atoms with E-state index in [0.717, 1.165) is 18.1 Å². The Balaban J connectivity index is 1.46. The number of rotatable bonds is 8. The van der Waals surface area contributed by atoms with Crippen molar-refractivity contribution in [2.75, 3.05) is 13.1 Å². The maximum atomic E-state index is 10.9. The molecule has 4 rings (SSSR count). The number of nitrogens with two attached hydrogens (primary N) is 1. The van der Waals surface area contributed by atoms with Crippen LogP contribution in [0.4, 0.5) is 0 Å². The molecule has 3 aromatic heterocycles. The molecule has 7 nitrogen and oxygen atoms in total. The number of nitrogens with zero attached hydrogens (tertiary/aromatic N) is 5. The van der Waals surface area contributed by atoms with E-state index in [2.05, 4.69) is 31.7 Å². The number of aromatic nitrogens is 4. The molecule has 3 aromatic rings. The minimum Gasteiger partial charge on any atom is -0.370 e. The van der Waals surface area contributed by atoms with Crippen molar-refractivity contribution in [1.82, 2.24) is 24.2 Å². The second-order valence-electron chi connectivity index (χ2n) is 7.26. The molecule has 0 aliphatic carbocycles. The summed E-state index contributed by atoms with van der Waals surface area (Å²) >= 11 is 1.81. The van der Waals surface area contributed by atoms with E-state index in [1.807, 2.05) is 40.8 Å². The van der Waals surface area contributed by atoms with E-state index >= 15 is 0 Å². The lowest BCUT2D eigenvalue weighted by atomic mass is 10.1. The molecule has 1 fully saturated rings. The fourth-order valence-corrected chi connectivity index (χ4v) is 4.67. The second-order valence-corrected chi connectivity index (χ2v) is 8.42. The molecule has 0 aromatic carbocycles. The molecule has 148 valence electrons. The summed E-state index contributed by atoms with van der Waals surface area (Å²) in [5.41, 5.74) is 6.17. The first kappa shape index (κ1) is 18.9. The molecule has 1 aliphatic rings. The Labute approximate surface area is 168 Å². The van der Waals surface area contributed by atoms with Crippen LogP contribution in [-0.2, 0) is 17.9 Å². The first-order chi connectivity index (χ1) is 13.7. The number of imidazole rings is 1. The van der Waals surface area contributed by atoms with Gasteiger partial charge < -0.3 is 5.73 Å². The Morgan fingerprint density at radius 2 is 2.07 bits per heavy atom. The smallest absolute Gasteiger partial charge is 0.217 e. The van der Waals surface area contributed by atoms with Crippen molar-refractivity contribution >= 4 is 17.2 Å². The van der Waals surface area contributed by atoms with Gasteiger partial charge in [-0.2, -0.15) is 5.10 Å². The summed E-state index contributed by atoms with van der Waals surface area (Å²) < 4.78 is 3.91. The van der Waals surface area contributed by atoms with E-state index in [9.17, 15) is 4.79 Å². The zero-order valence-electron chi connectivity index (χ0n) is 16.0. The molecule has 0 saturated carbocycles. The van der Waals surface area contributed by atoms with Crippen LogP contribution in [0.15, 0.2) is 36.9 Å². The number of thiophene rings is 1.